The van der Waals surface area contributed by atoms with E-state index in [4.69, 9.17) is 5.11 Å². The summed E-state index contributed by atoms with van der Waals surface area (Å²) in [6, 6.07) is 8.03. The molecule has 0 fully saturated rings. The first-order chi connectivity index (χ1) is 13.6. The van der Waals surface area contributed by atoms with Gasteiger partial charge >= 0.3 is 0 Å². The van der Waals surface area contributed by atoms with Gasteiger partial charge in [-0.15, -0.1) is 0 Å². The minimum Gasteiger partial charge on any atom is -0.394 e. The van der Waals surface area contributed by atoms with Gasteiger partial charge in [-0.3, -0.25) is 9.36 Å². The lowest BCUT2D eigenvalue weighted by molar-refractivity contribution is 0.0783. The summed E-state index contributed by atoms with van der Waals surface area (Å²) in [5.41, 5.74) is 4.70. The van der Waals surface area contributed by atoms with Crippen LogP contribution in [-0.4, -0.2) is 52.5 Å². The lowest BCUT2D eigenvalue weighted by Crippen LogP contribution is -2.19. The molecule has 4 rings (SSSR count). The highest BCUT2D eigenvalue weighted by Crippen LogP contribution is 2.25. The molecule has 142 valence electrons. The molecule has 1 unspecified atom stereocenters. The van der Waals surface area contributed by atoms with Gasteiger partial charge in [0.2, 0.25) is 0 Å². The molecule has 0 spiro atoms. The first-order valence-corrected chi connectivity index (χ1v) is 8.85. The van der Waals surface area contributed by atoms with Gasteiger partial charge in [0.1, 0.15) is 0 Å². The summed E-state index contributed by atoms with van der Waals surface area (Å²) < 4.78 is 3.36. The number of hydrogen-bond acceptors (Lipinski definition) is 6. The number of nitrogens with zero attached hydrogens (tertiary/aromatic N) is 6. The maximum absolute atomic E-state index is 9.52. The van der Waals surface area contributed by atoms with Gasteiger partial charge in [0.15, 0.2) is 5.82 Å². The molecule has 0 saturated heterocycles. The topological polar surface area (TPSA) is 102 Å². The van der Waals surface area contributed by atoms with Gasteiger partial charge in [-0.2, -0.15) is 10.2 Å². The number of aromatic nitrogens is 6. The summed E-state index contributed by atoms with van der Waals surface area (Å²) in [6.45, 7) is -0.0678. The van der Waals surface area contributed by atoms with Crippen LogP contribution in [0.2, 0.25) is 0 Å². The summed E-state index contributed by atoms with van der Waals surface area (Å²) in [6.07, 6.45) is 9.94. The smallest absolute Gasteiger partial charge is 0.159 e. The van der Waals surface area contributed by atoms with E-state index in [1.807, 2.05) is 43.7 Å². The zero-order chi connectivity index (χ0) is 19.5. The number of benzene rings is 1. The van der Waals surface area contributed by atoms with Gasteiger partial charge in [-0.1, -0.05) is 18.2 Å². The van der Waals surface area contributed by atoms with E-state index in [-0.39, 0.29) is 13.2 Å². The molecule has 3 aromatic heterocycles. The fourth-order valence-corrected chi connectivity index (χ4v) is 2.92. The van der Waals surface area contributed by atoms with Gasteiger partial charge in [-0.25, -0.2) is 9.97 Å². The summed E-state index contributed by atoms with van der Waals surface area (Å²) in [7, 11) is 1.89. The molecule has 0 saturated carbocycles. The van der Waals surface area contributed by atoms with Crippen molar-refractivity contribution in [3.63, 3.8) is 0 Å². The molecule has 8 nitrogen and oxygen atoms in total. The largest absolute Gasteiger partial charge is 0.394 e. The Balaban J connectivity index is 1.55. The Morgan fingerprint density at radius 2 is 1.61 bits per heavy atom. The van der Waals surface area contributed by atoms with Crippen molar-refractivity contribution in [2.75, 3.05) is 6.61 Å². The minimum absolute atomic E-state index is 0.233. The Kier molecular flexibility index (Phi) is 4.96. The number of aliphatic hydroxyl groups is 2. The van der Waals surface area contributed by atoms with Crippen molar-refractivity contribution in [3.8, 4) is 33.6 Å². The van der Waals surface area contributed by atoms with Gasteiger partial charge in [0, 0.05) is 54.1 Å². The van der Waals surface area contributed by atoms with Crippen LogP contribution >= 0.6 is 0 Å². The van der Waals surface area contributed by atoms with Crippen molar-refractivity contribution < 1.29 is 10.2 Å². The van der Waals surface area contributed by atoms with Crippen molar-refractivity contribution in [2.24, 2.45) is 7.05 Å². The highest BCUT2D eigenvalue weighted by Gasteiger charge is 2.09. The summed E-state index contributed by atoms with van der Waals surface area (Å²) in [5.74, 6) is 0.637. The van der Waals surface area contributed by atoms with Crippen molar-refractivity contribution in [1.29, 1.82) is 0 Å². The molecule has 0 aliphatic rings. The summed E-state index contributed by atoms with van der Waals surface area (Å²) in [4.78, 5) is 8.99. The Morgan fingerprint density at radius 3 is 2.32 bits per heavy atom. The van der Waals surface area contributed by atoms with E-state index < -0.39 is 6.10 Å². The molecule has 0 bridgehead atoms. The lowest BCUT2D eigenvalue weighted by Gasteiger charge is -2.06. The van der Waals surface area contributed by atoms with Gasteiger partial charge < -0.3 is 10.2 Å². The molecular formula is C20H20N6O2. The van der Waals surface area contributed by atoms with Crippen LogP contribution in [0.1, 0.15) is 0 Å². The standard InChI is InChI=1S/C20H20N6O2/c1-25-10-17(8-23-25)14-3-2-4-15(5-14)20-21-6-16(7-22-20)18-9-24-26(11-18)12-19(28)13-27/h2-11,19,27-28H,12-13H2,1H3. The van der Waals surface area contributed by atoms with E-state index in [2.05, 4.69) is 20.2 Å². The van der Waals surface area contributed by atoms with Crippen molar-refractivity contribution in [2.45, 2.75) is 12.6 Å². The monoisotopic (exact) mass is 376 g/mol. The molecule has 0 aliphatic carbocycles. The third-order valence-electron chi connectivity index (χ3n) is 4.39. The Bertz CT molecular complexity index is 1070. The third kappa shape index (κ3) is 3.83. The van der Waals surface area contributed by atoms with Gasteiger partial charge in [0.25, 0.3) is 0 Å². The van der Waals surface area contributed by atoms with E-state index in [0.29, 0.717) is 5.82 Å². The first-order valence-electron chi connectivity index (χ1n) is 8.85. The Morgan fingerprint density at radius 1 is 0.893 bits per heavy atom. The van der Waals surface area contributed by atoms with Crippen LogP contribution in [-0.2, 0) is 13.6 Å². The van der Waals surface area contributed by atoms with Crippen LogP contribution in [0.15, 0.2) is 61.4 Å². The van der Waals surface area contributed by atoms with Crippen LogP contribution in [0.3, 0.4) is 0 Å². The van der Waals surface area contributed by atoms with E-state index in [1.54, 1.807) is 34.2 Å². The van der Waals surface area contributed by atoms with Crippen molar-refractivity contribution >= 4 is 0 Å². The Labute approximate surface area is 161 Å². The zero-order valence-electron chi connectivity index (χ0n) is 15.3. The molecule has 0 radical (unpaired) electrons. The molecule has 0 aliphatic heterocycles. The maximum Gasteiger partial charge on any atom is 0.159 e. The molecule has 0 amide bonds. The van der Waals surface area contributed by atoms with Gasteiger partial charge in [-0.05, 0) is 11.6 Å². The number of hydrogen-bond donors (Lipinski definition) is 2. The summed E-state index contributed by atoms with van der Waals surface area (Å²) >= 11 is 0. The fraction of sp³-hybridized carbons (Fsp3) is 0.200. The first kappa shape index (κ1) is 18.0. The fourth-order valence-electron chi connectivity index (χ4n) is 2.92. The van der Waals surface area contributed by atoms with E-state index in [9.17, 15) is 5.11 Å². The lowest BCUT2D eigenvalue weighted by atomic mass is 10.1. The SMILES string of the molecule is Cn1cc(-c2cccc(-c3ncc(-c4cnn(CC(O)CO)c4)cn3)c2)cn1. The predicted octanol–water partition coefficient (Wildman–Crippen LogP) is 1.76. The van der Waals surface area contributed by atoms with Crippen LogP contribution < -0.4 is 0 Å². The predicted molar refractivity (Wildman–Crippen MR) is 104 cm³/mol. The second kappa shape index (κ2) is 7.71. The average molecular weight is 376 g/mol. The molecule has 8 heteroatoms. The van der Waals surface area contributed by atoms with Crippen molar-refractivity contribution in [1.82, 2.24) is 29.5 Å². The molecular weight excluding hydrogens is 356 g/mol. The van der Waals surface area contributed by atoms with Crippen molar-refractivity contribution in [3.05, 3.63) is 61.4 Å². The molecule has 3 heterocycles. The van der Waals surface area contributed by atoms with E-state index in [1.165, 1.54) is 0 Å². The third-order valence-corrected chi connectivity index (χ3v) is 4.39. The van der Waals surface area contributed by atoms with Crippen LogP contribution in [0.4, 0.5) is 0 Å². The van der Waals surface area contributed by atoms with E-state index in [0.717, 1.165) is 27.8 Å². The molecule has 1 aromatic carbocycles. The minimum atomic E-state index is -0.835. The summed E-state index contributed by atoms with van der Waals surface area (Å²) in [5, 5.41) is 26.9. The molecule has 4 aromatic rings. The number of aliphatic hydroxyl groups excluding tert-OH is 2. The number of rotatable bonds is 6. The van der Waals surface area contributed by atoms with E-state index >= 15 is 0 Å². The Hall–Kier alpha value is -3.36. The van der Waals surface area contributed by atoms with Crippen LogP contribution in [0.25, 0.3) is 33.6 Å². The molecule has 1 atom stereocenters. The van der Waals surface area contributed by atoms with Crippen LogP contribution in [0, 0.1) is 0 Å². The number of aryl methyl sites for hydroxylation is 1. The molecule has 28 heavy (non-hydrogen) atoms. The second-order valence-corrected chi connectivity index (χ2v) is 6.57. The van der Waals surface area contributed by atoms with Crippen LogP contribution in [0.5, 0.6) is 0 Å². The highest BCUT2D eigenvalue weighted by molar-refractivity contribution is 5.70. The second-order valence-electron chi connectivity index (χ2n) is 6.57. The zero-order valence-corrected chi connectivity index (χ0v) is 15.3. The van der Waals surface area contributed by atoms with Gasteiger partial charge in [0.05, 0.1) is 31.6 Å². The maximum atomic E-state index is 9.52. The molecule has 2 N–H and O–H groups in total. The normalized spacial score (nSPS) is 12.2. The highest BCUT2D eigenvalue weighted by atomic mass is 16.3. The average Bonchev–Trinajstić information content (AvgIpc) is 3.37. The quantitative estimate of drug-likeness (QED) is 0.532.